The van der Waals surface area contributed by atoms with Gasteiger partial charge < -0.3 is 19.6 Å². The molecule has 0 aliphatic heterocycles. The minimum absolute atomic E-state index is 0.194. The molecule has 0 bridgehead atoms. The van der Waals surface area contributed by atoms with Crippen LogP contribution in [-0.4, -0.2) is 87.9 Å². The van der Waals surface area contributed by atoms with Crippen molar-refractivity contribution in [2.24, 2.45) is 9.98 Å². The van der Waals surface area contributed by atoms with Crippen LogP contribution in [-0.2, 0) is 13.1 Å². The van der Waals surface area contributed by atoms with Gasteiger partial charge in [0.1, 0.15) is 0 Å². The van der Waals surface area contributed by atoms with E-state index in [9.17, 15) is 0 Å². The van der Waals surface area contributed by atoms with E-state index in [1.165, 1.54) is 0 Å². The summed E-state index contributed by atoms with van der Waals surface area (Å²) in [5.41, 5.74) is 1.83. The number of benzene rings is 2. The van der Waals surface area contributed by atoms with Gasteiger partial charge in [-0.05, 0) is 17.5 Å². The molecular formula is C20H30Cl2FeN6. The maximum atomic E-state index is 4.92. The van der Waals surface area contributed by atoms with Crippen molar-refractivity contribution in [1.82, 2.24) is 19.6 Å². The van der Waals surface area contributed by atoms with Crippen LogP contribution in [0.4, 0.5) is 11.4 Å². The predicted molar refractivity (Wildman–Crippen MR) is 125 cm³/mol. The van der Waals surface area contributed by atoms with Crippen molar-refractivity contribution in [3.8, 4) is 0 Å². The average Bonchev–Trinajstić information content (AvgIpc) is 2.63. The van der Waals surface area contributed by atoms with Crippen molar-refractivity contribution in [2.75, 3.05) is 56.4 Å². The van der Waals surface area contributed by atoms with Gasteiger partial charge in [0.2, 0.25) is 11.9 Å². The summed E-state index contributed by atoms with van der Waals surface area (Å²) in [5, 5.41) is 2.18. The number of aliphatic imine (C=N–C) groups is 2. The van der Waals surface area contributed by atoms with Gasteiger partial charge in [-0.15, -0.1) is 0 Å². The monoisotopic (exact) mass is 480 g/mol. The Bertz CT molecular complexity index is 765. The van der Waals surface area contributed by atoms with Crippen molar-refractivity contribution in [3.63, 3.8) is 0 Å². The summed E-state index contributed by atoms with van der Waals surface area (Å²) in [7, 11) is 25.5. The van der Waals surface area contributed by atoms with Gasteiger partial charge in [0.25, 0.3) is 0 Å². The van der Waals surface area contributed by atoms with E-state index >= 15 is 0 Å². The Labute approximate surface area is 189 Å². The number of hydrogen-bond acceptors (Lipinski definition) is 2. The molecule has 0 fully saturated rings. The third-order valence-corrected chi connectivity index (χ3v) is 3.90. The van der Waals surface area contributed by atoms with E-state index in [-0.39, 0.29) is 13.1 Å². The van der Waals surface area contributed by atoms with Crippen molar-refractivity contribution in [1.29, 1.82) is 0 Å². The first kappa shape index (κ1) is 25.4. The zero-order chi connectivity index (χ0) is 22.1. The summed E-state index contributed by atoms with van der Waals surface area (Å²) in [5.74, 6) is 1.77. The van der Waals surface area contributed by atoms with Crippen LogP contribution in [0.5, 0.6) is 0 Å². The van der Waals surface area contributed by atoms with E-state index < -0.39 is 0 Å². The Hall–Kier alpha value is -1.66. The summed E-state index contributed by atoms with van der Waals surface area (Å²) >= 11 is 0.194. The standard InChI is InChI=1S/C20H30N6.2ClH.Fe/c1-23(2)19(24(3)4)21-16-13-9-11-15-12-10-14-17(18(15)16)22-20(25(5)6)26(7)8;;;/h9-14H,1-8H3;2*1H;/q;;;+2/p-2. The molecule has 2 aromatic rings. The molecule has 0 heterocycles. The quantitative estimate of drug-likeness (QED) is 0.362. The second-order valence-corrected chi connectivity index (χ2v) is 8.93. The number of nitrogens with zero attached hydrogens (tertiary/aromatic N) is 6. The molecule has 0 N–H and O–H groups in total. The van der Waals surface area contributed by atoms with Crippen LogP contribution < -0.4 is 0 Å². The second-order valence-electron chi connectivity index (χ2n) is 7.10. The van der Waals surface area contributed by atoms with Gasteiger partial charge in [-0.1, -0.05) is 24.3 Å². The molecule has 0 atom stereocenters. The summed E-state index contributed by atoms with van der Waals surface area (Å²) in [6.45, 7) is 0. The van der Waals surface area contributed by atoms with Gasteiger partial charge in [0, 0.05) is 61.8 Å². The molecule has 2 rings (SSSR count). The third kappa shape index (κ3) is 7.27. The van der Waals surface area contributed by atoms with E-state index in [2.05, 4.69) is 12.1 Å². The van der Waals surface area contributed by atoms with E-state index in [0.717, 1.165) is 34.1 Å². The van der Waals surface area contributed by atoms with Gasteiger partial charge >= 0.3 is 33.3 Å². The van der Waals surface area contributed by atoms with Crippen molar-refractivity contribution >= 4 is 54.3 Å². The summed E-state index contributed by atoms with van der Waals surface area (Å²) < 4.78 is 0. The van der Waals surface area contributed by atoms with E-state index in [0.29, 0.717) is 0 Å². The zero-order valence-electron chi connectivity index (χ0n) is 18.3. The van der Waals surface area contributed by atoms with Crippen LogP contribution in [0.15, 0.2) is 46.4 Å². The Kier molecular flexibility index (Phi) is 10.6. The van der Waals surface area contributed by atoms with Crippen molar-refractivity contribution in [2.45, 2.75) is 0 Å². The zero-order valence-corrected chi connectivity index (χ0v) is 20.9. The molecule has 0 saturated heterocycles. The molecule has 2 aromatic carbocycles. The molecule has 0 spiro atoms. The number of rotatable bonds is 2. The van der Waals surface area contributed by atoms with Gasteiger partial charge in [0.15, 0.2) is 0 Å². The number of hydrogen-bond donors (Lipinski definition) is 0. The first-order valence-electron chi connectivity index (χ1n) is 8.87. The van der Waals surface area contributed by atoms with E-state index in [1.54, 1.807) is 0 Å². The van der Waals surface area contributed by atoms with E-state index in [4.69, 9.17) is 30.2 Å². The molecule has 0 aromatic heterocycles. The van der Waals surface area contributed by atoms with Gasteiger partial charge in [-0.2, -0.15) is 0 Å². The predicted octanol–water partition coefficient (Wildman–Crippen LogP) is 4.44. The Morgan fingerprint density at radius 1 is 0.655 bits per heavy atom. The summed E-state index contributed by atoms with van der Waals surface area (Å²) in [6.07, 6.45) is 0. The SMILES string of the molecule is CN(C)C(=Nc1cccc2cccc(N=C(N(C)C)N(C)C)c12)N(C)C.[Cl][Fe][Cl]. The van der Waals surface area contributed by atoms with E-state index in [1.807, 2.05) is 100 Å². The fourth-order valence-corrected chi connectivity index (χ4v) is 2.90. The van der Waals surface area contributed by atoms with Crippen LogP contribution in [0.1, 0.15) is 0 Å². The van der Waals surface area contributed by atoms with Gasteiger partial charge in [0.05, 0.1) is 11.4 Å². The second kappa shape index (κ2) is 12.1. The molecule has 6 nitrogen and oxygen atoms in total. The molecule has 0 unspecified atom stereocenters. The van der Waals surface area contributed by atoms with Gasteiger partial charge in [-0.25, -0.2) is 9.98 Å². The molecule has 0 aliphatic rings. The average molecular weight is 481 g/mol. The Balaban J connectivity index is 0.00000132. The topological polar surface area (TPSA) is 37.7 Å². The first-order valence-corrected chi connectivity index (χ1v) is 11.9. The minimum atomic E-state index is 0.194. The molecule has 0 aliphatic carbocycles. The van der Waals surface area contributed by atoms with Crippen molar-refractivity contribution < 1.29 is 13.1 Å². The Morgan fingerprint density at radius 2 is 0.966 bits per heavy atom. The molecule has 0 radical (unpaired) electrons. The molecule has 0 saturated carbocycles. The summed E-state index contributed by atoms with van der Waals surface area (Å²) in [4.78, 5) is 17.9. The third-order valence-electron chi connectivity index (χ3n) is 3.90. The fraction of sp³-hybridized carbons (Fsp3) is 0.400. The van der Waals surface area contributed by atoms with Crippen LogP contribution in [0.2, 0.25) is 0 Å². The summed E-state index contributed by atoms with van der Waals surface area (Å²) in [6, 6.07) is 12.4. The fourth-order valence-electron chi connectivity index (χ4n) is 2.90. The number of halogens is 2. The van der Waals surface area contributed by atoms with Gasteiger partial charge in [-0.3, -0.25) is 0 Å². The molecule has 29 heavy (non-hydrogen) atoms. The molecule has 162 valence electrons. The normalized spacial score (nSPS) is 10.0. The number of guanidine groups is 2. The van der Waals surface area contributed by atoms with Crippen LogP contribution in [0.25, 0.3) is 10.8 Å². The first-order chi connectivity index (χ1) is 13.6. The van der Waals surface area contributed by atoms with Crippen LogP contribution in [0.3, 0.4) is 0 Å². The molecular weight excluding hydrogens is 451 g/mol. The van der Waals surface area contributed by atoms with Crippen LogP contribution in [0, 0.1) is 0 Å². The van der Waals surface area contributed by atoms with Crippen molar-refractivity contribution in [3.05, 3.63) is 36.4 Å². The molecule has 0 amide bonds. The maximum absolute atomic E-state index is 4.92. The molecule has 9 heteroatoms. The van der Waals surface area contributed by atoms with Crippen LogP contribution >= 0.6 is 20.2 Å². The number of fused-ring (bicyclic) bond motifs is 1. The Morgan fingerprint density at radius 3 is 1.24 bits per heavy atom.